The molecule has 1 aromatic carbocycles. The van der Waals surface area contributed by atoms with Crippen LogP contribution in [0.25, 0.3) is 0 Å². The number of halogens is 7. The van der Waals surface area contributed by atoms with E-state index < -0.39 is 24.2 Å². The molecule has 0 saturated carbocycles. The number of nitrogens with one attached hydrogen (secondary N) is 1. The van der Waals surface area contributed by atoms with Crippen LogP contribution in [0.1, 0.15) is 5.56 Å². The molecule has 118 valence electrons. The van der Waals surface area contributed by atoms with Crippen molar-refractivity contribution in [3.8, 4) is 0 Å². The first-order valence-corrected chi connectivity index (χ1v) is 6.13. The summed E-state index contributed by atoms with van der Waals surface area (Å²) in [5.74, 6) is -6.35. The lowest BCUT2D eigenvalue weighted by Crippen LogP contribution is -2.45. The Balaban J connectivity index is 3.15. The van der Waals surface area contributed by atoms with Crippen molar-refractivity contribution in [3.05, 3.63) is 22.2 Å². The van der Waals surface area contributed by atoms with Crippen molar-refractivity contribution < 1.29 is 31.1 Å². The normalized spacial score (nSPS) is 12.6. The molecule has 0 bridgehead atoms. The number of nitrogen functional groups attached to an aromatic ring is 1. The van der Waals surface area contributed by atoms with E-state index in [2.05, 4.69) is 15.9 Å². The molecule has 0 radical (unpaired) electrons. The average Bonchev–Trinajstić information content (AvgIpc) is 2.18. The highest BCUT2D eigenvalue weighted by Gasteiger charge is 2.61. The number of amides is 1. The van der Waals surface area contributed by atoms with E-state index in [0.717, 1.165) is 0 Å². The molecule has 0 saturated heterocycles. The van der Waals surface area contributed by atoms with Crippen molar-refractivity contribution in [3.63, 3.8) is 0 Å². The largest absolute Gasteiger partial charge is 0.409 e. The van der Waals surface area contributed by atoms with Crippen LogP contribution < -0.4 is 11.1 Å². The smallest absolute Gasteiger partial charge is 0.397 e. The minimum atomic E-state index is -5.75. The summed E-state index contributed by atoms with van der Waals surface area (Å²) in [6.45, 7) is 1.38. The Bertz CT molecular complexity index is 518. The van der Waals surface area contributed by atoms with Crippen LogP contribution in [0, 0.1) is 12.8 Å². The zero-order chi connectivity index (χ0) is 16.6. The van der Waals surface area contributed by atoms with E-state index >= 15 is 0 Å². The third-order valence-corrected chi connectivity index (χ3v) is 2.95. The summed E-state index contributed by atoms with van der Waals surface area (Å²) in [5.41, 5.74) is 5.26. The molecular formula is C11H9BrF6N2O. The number of hydrogen-bond acceptors (Lipinski definition) is 2. The van der Waals surface area contributed by atoms with Crippen molar-refractivity contribution in [1.29, 1.82) is 0 Å². The van der Waals surface area contributed by atoms with Crippen LogP contribution in [0.4, 0.5) is 37.7 Å². The summed E-state index contributed by atoms with van der Waals surface area (Å²) in [4.78, 5) is 11.4. The molecule has 0 unspecified atom stereocenters. The molecule has 1 rings (SSSR count). The number of carbonyl (C=O) groups excluding carboxylic acids is 1. The molecule has 0 aliphatic heterocycles. The van der Waals surface area contributed by atoms with Crippen LogP contribution in [-0.2, 0) is 4.79 Å². The van der Waals surface area contributed by atoms with Gasteiger partial charge in [0.1, 0.15) is 0 Å². The van der Waals surface area contributed by atoms with Crippen molar-refractivity contribution in [2.24, 2.45) is 5.92 Å². The zero-order valence-corrected chi connectivity index (χ0v) is 11.9. The van der Waals surface area contributed by atoms with Crippen LogP contribution in [0.15, 0.2) is 16.6 Å². The minimum absolute atomic E-state index is 0.154. The van der Waals surface area contributed by atoms with Gasteiger partial charge in [-0.2, -0.15) is 26.3 Å². The SMILES string of the molecule is Cc1cc(Br)cc(N)c1NC(=O)C(C(F)(F)F)C(F)(F)F. The molecule has 0 spiro atoms. The molecule has 21 heavy (non-hydrogen) atoms. The van der Waals surface area contributed by atoms with Gasteiger partial charge in [-0.05, 0) is 24.6 Å². The Hall–Kier alpha value is -1.45. The molecule has 10 heteroatoms. The number of benzene rings is 1. The Morgan fingerprint density at radius 1 is 1.19 bits per heavy atom. The lowest BCUT2D eigenvalue weighted by molar-refractivity contribution is -0.272. The number of nitrogens with two attached hydrogens (primary N) is 1. The third kappa shape index (κ3) is 4.26. The Kier molecular flexibility index (Phi) is 4.81. The molecule has 3 N–H and O–H groups in total. The summed E-state index contributed by atoms with van der Waals surface area (Å²) < 4.78 is 75.0. The van der Waals surface area contributed by atoms with E-state index in [9.17, 15) is 31.1 Å². The number of alkyl halides is 6. The lowest BCUT2D eigenvalue weighted by Gasteiger charge is -2.23. The fraction of sp³-hybridized carbons (Fsp3) is 0.364. The average molecular weight is 379 g/mol. The first kappa shape index (κ1) is 17.6. The van der Waals surface area contributed by atoms with Gasteiger partial charge in [-0.1, -0.05) is 15.9 Å². The summed E-state index contributed by atoms with van der Waals surface area (Å²) >= 11 is 3.05. The molecule has 0 atom stereocenters. The Morgan fingerprint density at radius 3 is 2.05 bits per heavy atom. The van der Waals surface area contributed by atoms with Crippen LogP contribution >= 0.6 is 15.9 Å². The van der Waals surface area contributed by atoms with Crippen molar-refractivity contribution in [2.75, 3.05) is 11.1 Å². The number of carbonyl (C=O) groups is 1. The van der Waals surface area contributed by atoms with Gasteiger partial charge < -0.3 is 11.1 Å². The highest BCUT2D eigenvalue weighted by molar-refractivity contribution is 9.10. The van der Waals surface area contributed by atoms with E-state index in [4.69, 9.17) is 5.73 Å². The quantitative estimate of drug-likeness (QED) is 0.603. The molecule has 0 fully saturated rings. The van der Waals surface area contributed by atoms with Gasteiger partial charge in [0.15, 0.2) is 0 Å². The Morgan fingerprint density at radius 2 is 1.67 bits per heavy atom. The number of aryl methyl sites for hydroxylation is 1. The van der Waals surface area contributed by atoms with Crippen LogP contribution in [0.2, 0.25) is 0 Å². The van der Waals surface area contributed by atoms with Gasteiger partial charge in [-0.3, -0.25) is 4.79 Å². The number of anilines is 2. The van der Waals surface area contributed by atoms with Crippen molar-refractivity contribution in [2.45, 2.75) is 19.3 Å². The van der Waals surface area contributed by atoms with E-state index in [1.54, 1.807) is 5.32 Å². The minimum Gasteiger partial charge on any atom is -0.397 e. The first-order chi connectivity index (χ1) is 9.34. The van der Waals surface area contributed by atoms with E-state index in [0.29, 0.717) is 4.47 Å². The molecule has 0 heterocycles. The second-order valence-electron chi connectivity index (χ2n) is 4.19. The monoisotopic (exact) mass is 378 g/mol. The maximum atomic E-state index is 12.4. The van der Waals surface area contributed by atoms with Gasteiger partial charge >= 0.3 is 12.4 Å². The van der Waals surface area contributed by atoms with Gasteiger partial charge in [0, 0.05) is 4.47 Å². The predicted molar refractivity (Wildman–Crippen MR) is 67.5 cm³/mol. The molecule has 0 aliphatic carbocycles. The standard InChI is InChI=1S/C11H9BrF6N2O/c1-4-2-5(12)3-6(19)7(4)20-9(21)8(10(13,14)15)11(16,17)18/h2-3,8H,19H2,1H3,(H,20,21). The van der Waals surface area contributed by atoms with Crippen molar-refractivity contribution >= 4 is 33.2 Å². The van der Waals surface area contributed by atoms with Gasteiger partial charge in [-0.25, -0.2) is 0 Å². The molecule has 0 aromatic heterocycles. The van der Waals surface area contributed by atoms with Crippen LogP contribution in [0.5, 0.6) is 0 Å². The van der Waals surface area contributed by atoms with Gasteiger partial charge in [0.25, 0.3) is 0 Å². The Labute approximate surface area is 123 Å². The van der Waals surface area contributed by atoms with Gasteiger partial charge in [-0.15, -0.1) is 0 Å². The van der Waals surface area contributed by atoms with Crippen molar-refractivity contribution in [1.82, 2.24) is 0 Å². The van der Waals surface area contributed by atoms with Gasteiger partial charge in [0.05, 0.1) is 11.4 Å². The zero-order valence-electron chi connectivity index (χ0n) is 10.4. The maximum absolute atomic E-state index is 12.4. The van der Waals surface area contributed by atoms with Gasteiger partial charge in [0.2, 0.25) is 11.8 Å². The molecule has 1 aromatic rings. The van der Waals surface area contributed by atoms with E-state index in [1.165, 1.54) is 19.1 Å². The highest BCUT2D eigenvalue weighted by Crippen LogP contribution is 2.40. The van der Waals surface area contributed by atoms with E-state index in [-0.39, 0.29) is 16.9 Å². The topological polar surface area (TPSA) is 55.1 Å². The summed E-state index contributed by atoms with van der Waals surface area (Å²) in [6, 6.07) is 2.64. The summed E-state index contributed by atoms with van der Waals surface area (Å²) in [7, 11) is 0. The van der Waals surface area contributed by atoms with E-state index in [1.807, 2.05) is 0 Å². The second kappa shape index (κ2) is 5.74. The fourth-order valence-electron chi connectivity index (χ4n) is 1.62. The third-order valence-electron chi connectivity index (χ3n) is 2.50. The fourth-order valence-corrected chi connectivity index (χ4v) is 2.21. The lowest BCUT2D eigenvalue weighted by atomic mass is 10.1. The highest BCUT2D eigenvalue weighted by atomic mass is 79.9. The molecule has 0 aliphatic rings. The predicted octanol–water partition coefficient (Wildman–Crippen LogP) is 4.02. The number of rotatable bonds is 2. The second-order valence-corrected chi connectivity index (χ2v) is 5.11. The molecular weight excluding hydrogens is 370 g/mol. The molecule has 3 nitrogen and oxygen atoms in total. The summed E-state index contributed by atoms with van der Waals surface area (Å²) in [5, 5.41) is 1.59. The molecule has 1 amide bonds. The van der Waals surface area contributed by atoms with Crippen LogP contribution in [0.3, 0.4) is 0 Å². The number of hydrogen-bond donors (Lipinski definition) is 2. The van der Waals surface area contributed by atoms with Crippen LogP contribution in [-0.4, -0.2) is 18.3 Å². The summed E-state index contributed by atoms with van der Waals surface area (Å²) in [6.07, 6.45) is -11.5. The maximum Gasteiger partial charge on any atom is 0.409 e. The first-order valence-electron chi connectivity index (χ1n) is 5.34.